The van der Waals surface area contributed by atoms with E-state index in [1.807, 2.05) is 22.6 Å². The van der Waals surface area contributed by atoms with Gasteiger partial charge in [0.1, 0.15) is 17.4 Å². The number of carbonyl (C=O) groups is 3. The molecule has 0 saturated carbocycles. The Labute approximate surface area is 198 Å². The highest BCUT2D eigenvalue weighted by Gasteiger charge is 2.24. The molecule has 8 nitrogen and oxygen atoms in total. The van der Waals surface area contributed by atoms with Gasteiger partial charge in [-0.3, -0.25) is 0 Å². The highest BCUT2D eigenvalue weighted by atomic mass is 127. The summed E-state index contributed by atoms with van der Waals surface area (Å²) in [6.07, 6.45) is -0.921. The second-order valence-corrected chi connectivity index (χ2v) is 16.1. The molecule has 31 heavy (non-hydrogen) atoms. The van der Waals surface area contributed by atoms with Crippen molar-refractivity contribution in [3.63, 3.8) is 0 Å². The lowest BCUT2D eigenvalue weighted by Crippen LogP contribution is -2.43. The number of aliphatic carboxylic acids is 1. The van der Waals surface area contributed by atoms with Gasteiger partial charge in [-0.15, -0.1) is 0 Å². The molecule has 0 unspecified atom stereocenters. The average molecular weight is 565 g/mol. The Kier molecular flexibility index (Phi) is 10.3. The quantitative estimate of drug-likeness (QED) is 0.187. The SMILES string of the molecule is CC(C)(C)OC(=O)N[C@H](CCc1ccc(OC(=O)OCC[Si](C)(C)C)c(I)c1)C(=O)O. The van der Waals surface area contributed by atoms with E-state index >= 15 is 0 Å². The van der Waals surface area contributed by atoms with Crippen molar-refractivity contribution in [2.24, 2.45) is 0 Å². The van der Waals surface area contributed by atoms with Gasteiger partial charge in [0.25, 0.3) is 0 Å². The van der Waals surface area contributed by atoms with Crippen molar-refractivity contribution in [1.82, 2.24) is 5.32 Å². The van der Waals surface area contributed by atoms with Crippen LogP contribution in [0, 0.1) is 3.57 Å². The van der Waals surface area contributed by atoms with Crippen LogP contribution in [0.4, 0.5) is 9.59 Å². The Bertz CT molecular complexity index is 787. The zero-order valence-electron chi connectivity index (χ0n) is 18.9. The van der Waals surface area contributed by atoms with Gasteiger partial charge in [-0.1, -0.05) is 25.7 Å². The fourth-order valence-electron chi connectivity index (χ4n) is 2.36. The fraction of sp³-hybridized carbons (Fsp3) is 0.571. The topological polar surface area (TPSA) is 111 Å². The molecule has 1 rings (SSSR count). The molecule has 174 valence electrons. The number of hydrogen-bond donors (Lipinski definition) is 2. The zero-order valence-corrected chi connectivity index (χ0v) is 22.1. The maximum absolute atomic E-state index is 11.9. The normalized spacial score (nSPS) is 12.6. The van der Waals surface area contributed by atoms with Gasteiger partial charge in [-0.05, 0) is 79.9 Å². The van der Waals surface area contributed by atoms with Crippen molar-refractivity contribution in [2.45, 2.75) is 70.9 Å². The Balaban J connectivity index is 2.62. The summed E-state index contributed by atoms with van der Waals surface area (Å²) in [7, 11) is -1.29. The van der Waals surface area contributed by atoms with E-state index in [-0.39, 0.29) is 6.42 Å². The van der Waals surface area contributed by atoms with Crippen LogP contribution in [0.3, 0.4) is 0 Å². The first-order valence-corrected chi connectivity index (χ1v) is 14.8. The molecule has 2 N–H and O–H groups in total. The number of nitrogens with one attached hydrogen (secondary N) is 1. The molecule has 0 bridgehead atoms. The fourth-order valence-corrected chi connectivity index (χ4v) is 3.76. The van der Waals surface area contributed by atoms with Gasteiger partial charge in [0.15, 0.2) is 0 Å². The predicted molar refractivity (Wildman–Crippen MR) is 128 cm³/mol. The number of carboxylic acids is 1. The molecule has 1 atom stereocenters. The van der Waals surface area contributed by atoms with Crippen LogP contribution in [0.1, 0.15) is 32.8 Å². The zero-order chi connectivity index (χ0) is 23.8. The van der Waals surface area contributed by atoms with Gasteiger partial charge in [-0.25, -0.2) is 14.4 Å². The van der Waals surface area contributed by atoms with Gasteiger partial charge in [0.2, 0.25) is 0 Å². The lowest BCUT2D eigenvalue weighted by molar-refractivity contribution is -0.139. The van der Waals surface area contributed by atoms with E-state index in [0.29, 0.717) is 22.3 Å². The molecule has 0 aliphatic carbocycles. The third-order valence-corrected chi connectivity index (χ3v) is 6.52. The highest BCUT2D eigenvalue weighted by molar-refractivity contribution is 14.1. The van der Waals surface area contributed by atoms with E-state index in [1.54, 1.807) is 39.0 Å². The van der Waals surface area contributed by atoms with Crippen molar-refractivity contribution in [1.29, 1.82) is 0 Å². The average Bonchev–Trinajstić information content (AvgIpc) is 2.57. The first kappa shape index (κ1) is 27.2. The van der Waals surface area contributed by atoms with Crippen LogP contribution >= 0.6 is 22.6 Å². The lowest BCUT2D eigenvalue weighted by Gasteiger charge is -2.22. The molecule has 0 heterocycles. The summed E-state index contributed by atoms with van der Waals surface area (Å²) in [6.45, 7) is 12.0. The van der Waals surface area contributed by atoms with Gasteiger partial charge >= 0.3 is 18.2 Å². The van der Waals surface area contributed by atoms with Gasteiger partial charge in [-0.2, -0.15) is 0 Å². The Morgan fingerprint density at radius 3 is 2.35 bits per heavy atom. The first-order chi connectivity index (χ1) is 14.2. The van der Waals surface area contributed by atoms with Crippen LogP contribution < -0.4 is 10.1 Å². The van der Waals surface area contributed by atoms with Crippen LogP contribution in [-0.2, 0) is 20.7 Å². The number of rotatable bonds is 9. The lowest BCUT2D eigenvalue weighted by atomic mass is 10.1. The van der Waals surface area contributed by atoms with Gasteiger partial charge in [0, 0.05) is 8.07 Å². The standard InChI is InChI=1S/C21H32INO7Si/c1-21(2,3)30-19(26)23-16(18(24)25)9-7-14-8-10-17(15(22)13-14)29-20(27)28-11-12-31(4,5)6/h8,10,13,16H,7,9,11-12H2,1-6H3,(H,23,26)(H,24,25)/t16-/m1/s1. The van der Waals surface area contributed by atoms with Crippen LogP contribution in [0.15, 0.2) is 18.2 Å². The Morgan fingerprint density at radius 2 is 1.84 bits per heavy atom. The van der Waals surface area contributed by atoms with E-state index in [1.165, 1.54) is 0 Å². The largest absolute Gasteiger partial charge is 0.513 e. The highest BCUT2D eigenvalue weighted by Crippen LogP contribution is 2.24. The monoisotopic (exact) mass is 565 g/mol. The molecular weight excluding hydrogens is 533 g/mol. The van der Waals surface area contributed by atoms with E-state index in [4.69, 9.17) is 14.2 Å². The third kappa shape index (κ3) is 12.0. The molecule has 0 radical (unpaired) electrons. The predicted octanol–water partition coefficient (Wildman–Crippen LogP) is 5.06. The van der Waals surface area contributed by atoms with E-state index in [9.17, 15) is 19.5 Å². The third-order valence-electron chi connectivity index (χ3n) is 3.97. The molecule has 1 aromatic rings. The maximum Gasteiger partial charge on any atom is 0.513 e. The number of carboxylic acid groups (broad SMARTS) is 1. The number of alkyl carbamates (subject to hydrolysis) is 1. The summed E-state index contributed by atoms with van der Waals surface area (Å²) in [5.74, 6) is -0.759. The van der Waals surface area contributed by atoms with Gasteiger partial charge in [0.05, 0.1) is 10.2 Å². The summed E-state index contributed by atoms with van der Waals surface area (Å²) >= 11 is 2.04. The number of ether oxygens (including phenoxy) is 3. The van der Waals surface area contributed by atoms with Crippen molar-refractivity contribution in [2.75, 3.05) is 6.61 Å². The summed E-state index contributed by atoms with van der Waals surface area (Å²) < 4.78 is 16.2. The molecule has 1 aromatic carbocycles. The van der Waals surface area contributed by atoms with Gasteiger partial charge < -0.3 is 24.6 Å². The Hall–Kier alpha value is -1.82. The van der Waals surface area contributed by atoms with Crippen LogP contribution in [0.2, 0.25) is 25.7 Å². The molecule has 10 heteroatoms. The number of carbonyl (C=O) groups excluding carboxylic acids is 2. The molecule has 1 amide bonds. The molecule has 0 saturated heterocycles. The van der Waals surface area contributed by atoms with Crippen molar-refractivity contribution in [3.8, 4) is 5.75 Å². The van der Waals surface area contributed by atoms with Crippen molar-refractivity contribution >= 4 is 48.9 Å². The molecule has 0 aromatic heterocycles. The van der Waals surface area contributed by atoms with Crippen molar-refractivity contribution in [3.05, 3.63) is 27.3 Å². The summed E-state index contributed by atoms with van der Waals surface area (Å²) in [6, 6.07) is 4.98. The molecule has 0 fully saturated rings. The van der Waals surface area contributed by atoms with Crippen LogP contribution in [0.5, 0.6) is 5.75 Å². The molecule has 0 aliphatic heterocycles. The second kappa shape index (κ2) is 11.7. The summed E-state index contributed by atoms with van der Waals surface area (Å²) in [4.78, 5) is 35.2. The van der Waals surface area contributed by atoms with Crippen molar-refractivity contribution < 1.29 is 33.7 Å². The first-order valence-electron chi connectivity index (χ1n) is 10.0. The molecule has 0 aliphatic rings. The minimum Gasteiger partial charge on any atom is -0.480 e. The van der Waals surface area contributed by atoms with E-state index < -0.39 is 37.9 Å². The number of aryl methyl sites for hydroxylation is 1. The second-order valence-electron chi connectivity index (χ2n) is 9.35. The smallest absolute Gasteiger partial charge is 0.480 e. The summed E-state index contributed by atoms with van der Waals surface area (Å²) in [5.41, 5.74) is 0.135. The number of halogens is 1. The van der Waals surface area contributed by atoms with E-state index in [0.717, 1.165) is 11.6 Å². The Morgan fingerprint density at radius 1 is 1.19 bits per heavy atom. The maximum atomic E-state index is 11.9. The minimum absolute atomic E-state index is 0.184. The van der Waals surface area contributed by atoms with Crippen LogP contribution in [-0.4, -0.2) is 49.6 Å². The minimum atomic E-state index is -1.29. The molecule has 0 spiro atoms. The number of benzene rings is 1. The van der Waals surface area contributed by atoms with E-state index in [2.05, 4.69) is 25.0 Å². The number of hydrogen-bond acceptors (Lipinski definition) is 6. The number of amides is 1. The summed E-state index contributed by atoms with van der Waals surface area (Å²) in [5, 5.41) is 11.8. The molecular formula is C21H32INO7Si. The van der Waals surface area contributed by atoms with Crippen LogP contribution in [0.25, 0.3) is 0 Å².